The highest BCUT2D eigenvalue weighted by molar-refractivity contribution is 5.89. The molecule has 0 radical (unpaired) electrons. The lowest BCUT2D eigenvalue weighted by Crippen LogP contribution is -2.54. The molecule has 0 aromatic rings. The van der Waals surface area contributed by atoms with Crippen LogP contribution in [-0.4, -0.2) is 54.4 Å². The summed E-state index contributed by atoms with van der Waals surface area (Å²) in [6.07, 6.45) is 1.46. The fraction of sp³-hybridized carbons (Fsp3) is 0.760. The quantitative estimate of drug-likeness (QED) is 0.161. The van der Waals surface area contributed by atoms with Crippen molar-refractivity contribution in [3.05, 3.63) is 11.6 Å². The average Bonchev–Trinajstić information content (AvgIpc) is 2.76. The van der Waals surface area contributed by atoms with Gasteiger partial charge >= 0.3 is 11.9 Å². The molecular formula is C25H44N4O6. The van der Waals surface area contributed by atoms with Crippen LogP contribution in [0.1, 0.15) is 74.7 Å². The number of nitrogens with zero attached hydrogens (tertiary/aromatic N) is 1. The predicted molar refractivity (Wildman–Crippen MR) is 134 cm³/mol. The second-order valence-corrected chi connectivity index (χ2v) is 9.77. The predicted octanol–water partition coefficient (Wildman–Crippen LogP) is 2.40. The van der Waals surface area contributed by atoms with Crippen LogP contribution >= 0.6 is 0 Å². The first kappa shape index (κ1) is 30.4. The molecule has 10 heteroatoms. The van der Waals surface area contributed by atoms with Crippen molar-refractivity contribution in [1.82, 2.24) is 5.32 Å². The van der Waals surface area contributed by atoms with Crippen LogP contribution in [0, 0.1) is 17.8 Å². The van der Waals surface area contributed by atoms with Gasteiger partial charge in [-0.2, -0.15) is 0 Å². The van der Waals surface area contributed by atoms with E-state index >= 15 is 0 Å². The Bertz CT molecular complexity index is 787. The molecule has 0 aromatic heterocycles. The highest BCUT2D eigenvalue weighted by atomic mass is 16.7. The maximum Gasteiger partial charge on any atom is 0.336 e. The van der Waals surface area contributed by atoms with E-state index in [4.69, 9.17) is 25.7 Å². The summed E-state index contributed by atoms with van der Waals surface area (Å²) in [5.41, 5.74) is 11.6. The van der Waals surface area contributed by atoms with E-state index < -0.39 is 36.4 Å². The fourth-order valence-electron chi connectivity index (χ4n) is 3.62. The molecule has 0 heterocycles. The molecule has 0 bridgehead atoms. The van der Waals surface area contributed by atoms with E-state index in [9.17, 15) is 14.4 Å². The molecule has 200 valence electrons. The second-order valence-electron chi connectivity index (χ2n) is 9.77. The molecule has 10 nitrogen and oxygen atoms in total. The minimum atomic E-state index is -1.05. The SMILES string of the molecule is CCC(CC)O[C@@H]1C=C(C(=O)OC(OC(=O)[C@H](C)C(C)C)C(C)C)C[C@H](N=C(N)N)[C@H]1NC(C)=O. The molecule has 35 heavy (non-hydrogen) atoms. The van der Waals surface area contributed by atoms with Crippen molar-refractivity contribution < 1.29 is 28.6 Å². The maximum absolute atomic E-state index is 13.2. The van der Waals surface area contributed by atoms with Gasteiger partial charge in [0, 0.05) is 24.8 Å². The van der Waals surface area contributed by atoms with Crippen LogP contribution in [-0.2, 0) is 28.6 Å². The summed E-state index contributed by atoms with van der Waals surface area (Å²) in [5, 5.41) is 2.86. The normalized spacial score (nSPS) is 21.8. The first-order valence-corrected chi connectivity index (χ1v) is 12.4. The summed E-state index contributed by atoms with van der Waals surface area (Å²) in [7, 11) is 0. The third-order valence-electron chi connectivity index (χ3n) is 6.14. The van der Waals surface area contributed by atoms with Gasteiger partial charge in [0.05, 0.1) is 30.2 Å². The number of carbonyl (C=O) groups excluding carboxylic acids is 3. The zero-order chi connectivity index (χ0) is 26.9. The highest BCUT2D eigenvalue weighted by Crippen LogP contribution is 2.28. The molecular weight excluding hydrogens is 452 g/mol. The first-order chi connectivity index (χ1) is 16.3. The number of hydrogen-bond acceptors (Lipinski definition) is 7. The average molecular weight is 497 g/mol. The van der Waals surface area contributed by atoms with Crippen molar-refractivity contribution in [2.24, 2.45) is 34.2 Å². The number of guanidine groups is 1. The van der Waals surface area contributed by atoms with Crippen LogP contribution in [0.3, 0.4) is 0 Å². The fourth-order valence-corrected chi connectivity index (χ4v) is 3.62. The molecule has 5 atom stereocenters. The summed E-state index contributed by atoms with van der Waals surface area (Å²) < 4.78 is 17.4. The highest BCUT2D eigenvalue weighted by Gasteiger charge is 2.39. The molecule has 1 amide bonds. The molecule has 0 fully saturated rings. The van der Waals surface area contributed by atoms with Crippen molar-refractivity contribution in [3.8, 4) is 0 Å². The number of esters is 2. The van der Waals surface area contributed by atoms with E-state index in [2.05, 4.69) is 10.3 Å². The number of nitrogens with one attached hydrogen (secondary N) is 1. The third-order valence-corrected chi connectivity index (χ3v) is 6.14. The molecule has 0 spiro atoms. The summed E-state index contributed by atoms with van der Waals surface area (Å²) >= 11 is 0. The zero-order valence-electron chi connectivity index (χ0n) is 22.4. The van der Waals surface area contributed by atoms with E-state index in [0.717, 1.165) is 12.8 Å². The van der Waals surface area contributed by atoms with Crippen LogP contribution < -0.4 is 16.8 Å². The lowest BCUT2D eigenvalue weighted by Gasteiger charge is -2.37. The van der Waals surface area contributed by atoms with Crippen molar-refractivity contribution in [2.45, 2.75) is 105 Å². The Morgan fingerprint density at radius 1 is 1.06 bits per heavy atom. The first-order valence-electron chi connectivity index (χ1n) is 12.4. The number of ether oxygens (including phenoxy) is 3. The van der Waals surface area contributed by atoms with Crippen molar-refractivity contribution >= 4 is 23.8 Å². The second kappa shape index (κ2) is 14.1. The van der Waals surface area contributed by atoms with Gasteiger partial charge in [0.1, 0.15) is 0 Å². The molecule has 1 aliphatic rings. The molecule has 0 aromatic carbocycles. The maximum atomic E-state index is 13.2. The molecule has 1 aliphatic carbocycles. The van der Waals surface area contributed by atoms with E-state index in [1.807, 2.05) is 27.7 Å². The summed E-state index contributed by atoms with van der Waals surface area (Å²) in [4.78, 5) is 41.9. The topological polar surface area (TPSA) is 155 Å². The van der Waals surface area contributed by atoms with Crippen LogP contribution in [0.5, 0.6) is 0 Å². The lowest BCUT2D eigenvalue weighted by molar-refractivity contribution is -0.197. The Labute approximate surface area is 209 Å². The standard InChI is InChI=1S/C25H44N4O6/c1-9-18(10-2)33-20-12-17(11-19(29-25(26)27)21(20)28-16(8)30)23(32)35-24(14(5)6)34-22(31)15(7)13(3)4/h12-15,18-21,24H,9-11H2,1-8H3,(H,28,30)(H4,26,27,29)/t15-,19+,20-,21-,24?/m1/s1. The lowest BCUT2D eigenvalue weighted by atomic mass is 9.87. The Morgan fingerprint density at radius 3 is 2.11 bits per heavy atom. The molecule has 1 rings (SSSR count). The molecule has 0 saturated heterocycles. The van der Waals surface area contributed by atoms with E-state index in [-0.39, 0.29) is 47.7 Å². The summed E-state index contributed by atoms with van der Waals surface area (Å²) in [6, 6.07) is -1.21. The number of carbonyl (C=O) groups is 3. The van der Waals surface area contributed by atoms with Crippen molar-refractivity contribution in [2.75, 3.05) is 0 Å². The van der Waals surface area contributed by atoms with E-state index in [1.54, 1.807) is 26.8 Å². The Balaban J connectivity index is 3.26. The van der Waals surface area contributed by atoms with Crippen LogP contribution in [0.2, 0.25) is 0 Å². The number of hydrogen-bond donors (Lipinski definition) is 3. The minimum absolute atomic E-state index is 0.0844. The van der Waals surface area contributed by atoms with E-state index in [0.29, 0.717) is 0 Å². The van der Waals surface area contributed by atoms with Gasteiger partial charge in [-0.3, -0.25) is 9.59 Å². The van der Waals surface area contributed by atoms with Gasteiger partial charge in [-0.25, -0.2) is 9.79 Å². The largest absolute Gasteiger partial charge is 0.425 e. The Morgan fingerprint density at radius 2 is 1.66 bits per heavy atom. The molecule has 5 N–H and O–H groups in total. The van der Waals surface area contributed by atoms with Gasteiger partial charge in [-0.1, -0.05) is 48.5 Å². The number of rotatable bonds is 12. The Hall–Kier alpha value is -2.62. The van der Waals surface area contributed by atoms with Crippen LogP contribution in [0.15, 0.2) is 16.6 Å². The van der Waals surface area contributed by atoms with Crippen molar-refractivity contribution in [3.63, 3.8) is 0 Å². The number of aliphatic imine (C=N–C) groups is 1. The number of amides is 1. The zero-order valence-corrected chi connectivity index (χ0v) is 22.4. The monoisotopic (exact) mass is 496 g/mol. The molecule has 0 saturated carbocycles. The molecule has 0 aliphatic heterocycles. The third kappa shape index (κ3) is 9.51. The van der Waals surface area contributed by atoms with E-state index in [1.165, 1.54) is 6.92 Å². The Kier molecular flexibility index (Phi) is 12.2. The van der Waals surface area contributed by atoms with Gasteiger partial charge in [-0.05, 0) is 24.8 Å². The van der Waals surface area contributed by atoms with Gasteiger partial charge in [0.25, 0.3) is 0 Å². The summed E-state index contributed by atoms with van der Waals surface area (Å²) in [6.45, 7) is 14.6. The summed E-state index contributed by atoms with van der Waals surface area (Å²) in [5.74, 6) is -2.03. The van der Waals surface area contributed by atoms with Gasteiger partial charge in [0.2, 0.25) is 12.2 Å². The smallest absolute Gasteiger partial charge is 0.336 e. The van der Waals surface area contributed by atoms with Crippen LogP contribution in [0.25, 0.3) is 0 Å². The number of nitrogens with two attached hydrogens (primary N) is 2. The van der Waals surface area contributed by atoms with Crippen LogP contribution in [0.4, 0.5) is 0 Å². The van der Waals surface area contributed by atoms with Gasteiger partial charge in [-0.15, -0.1) is 0 Å². The van der Waals surface area contributed by atoms with Gasteiger partial charge in [0.15, 0.2) is 5.96 Å². The molecule has 1 unspecified atom stereocenters. The van der Waals surface area contributed by atoms with Crippen molar-refractivity contribution in [1.29, 1.82) is 0 Å². The van der Waals surface area contributed by atoms with Gasteiger partial charge < -0.3 is 31.0 Å². The minimum Gasteiger partial charge on any atom is -0.425 e.